The van der Waals surface area contributed by atoms with Crippen molar-refractivity contribution in [1.82, 2.24) is 10.6 Å². The van der Waals surface area contributed by atoms with Gasteiger partial charge in [0, 0.05) is 26.2 Å². The van der Waals surface area contributed by atoms with Gasteiger partial charge < -0.3 is 40.5 Å². The molecule has 0 aliphatic heterocycles. The molecule has 6 N–H and O–H groups in total. The van der Waals surface area contributed by atoms with Crippen molar-refractivity contribution >= 4 is 11.9 Å². The number of para-hydroxylation sites is 2. The normalized spacial score (nSPS) is 12.0. The van der Waals surface area contributed by atoms with Crippen LogP contribution in [0, 0.1) is 13.8 Å². The number of carbonyl (C=O) groups is 2. The molecule has 10 heteroatoms. The maximum Gasteiger partial charge on any atom is 0.414 e. The molecule has 3 rings (SSSR count). The van der Waals surface area contributed by atoms with Crippen LogP contribution in [-0.2, 0) is 22.7 Å². The predicted octanol–water partition coefficient (Wildman–Crippen LogP) is 2.52. The van der Waals surface area contributed by atoms with Gasteiger partial charge in [0.2, 0.25) is 0 Å². The topological polar surface area (TPSA) is 158 Å². The van der Waals surface area contributed by atoms with Gasteiger partial charge in [0.15, 0.2) is 0 Å². The predicted molar refractivity (Wildman–Crippen MR) is 150 cm³/mol. The Morgan fingerprint density at radius 2 is 1.07 bits per heavy atom. The van der Waals surface area contributed by atoms with Crippen LogP contribution in [0.25, 0.3) is 0 Å². The Hall–Kier alpha value is -3.96. The average Bonchev–Trinajstić information content (AvgIpc) is 2.93. The first-order valence-electron chi connectivity index (χ1n) is 12.8. The van der Waals surface area contributed by atoms with Crippen LogP contribution in [0.3, 0.4) is 0 Å². The summed E-state index contributed by atoms with van der Waals surface area (Å²) in [5.41, 5.74) is 4.38. The number of nitrogens with one attached hydrogen (secondary N) is 2. The summed E-state index contributed by atoms with van der Waals surface area (Å²) < 4.78 is 11.4. The van der Waals surface area contributed by atoms with Crippen LogP contribution in [-0.4, -0.2) is 70.9 Å². The Labute approximate surface area is 234 Å². The van der Waals surface area contributed by atoms with Gasteiger partial charge in [0.25, 0.3) is 0 Å². The highest BCUT2D eigenvalue weighted by Crippen LogP contribution is 2.17. The van der Waals surface area contributed by atoms with Crippen molar-refractivity contribution in [3.8, 4) is 11.5 Å². The Morgan fingerprint density at radius 1 is 0.675 bits per heavy atom. The molecule has 2 unspecified atom stereocenters. The number of hydrogen-bond donors (Lipinski definition) is 6. The van der Waals surface area contributed by atoms with Crippen molar-refractivity contribution in [2.24, 2.45) is 0 Å². The molecule has 0 radical (unpaired) electrons. The number of aliphatic hydroxyl groups excluding tert-OH is 2. The van der Waals surface area contributed by atoms with E-state index in [1.807, 2.05) is 68.4 Å². The second-order valence-corrected chi connectivity index (χ2v) is 9.15. The van der Waals surface area contributed by atoms with Gasteiger partial charge in [-0.1, -0.05) is 60.7 Å². The van der Waals surface area contributed by atoms with E-state index in [0.717, 1.165) is 33.8 Å². The molecule has 0 aliphatic carbocycles. The third-order valence-corrected chi connectivity index (χ3v) is 5.64. The fourth-order valence-corrected chi connectivity index (χ4v) is 3.54. The molecule has 0 saturated carbocycles. The number of rotatable bonds is 14. The van der Waals surface area contributed by atoms with Crippen LogP contribution in [0.5, 0.6) is 11.5 Å². The maximum atomic E-state index is 10.2. The van der Waals surface area contributed by atoms with E-state index in [0.29, 0.717) is 26.2 Å². The van der Waals surface area contributed by atoms with Crippen molar-refractivity contribution in [3.05, 3.63) is 95.1 Å². The zero-order chi connectivity index (χ0) is 29.3. The summed E-state index contributed by atoms with van der Waals surface area (Å²) in [5.74, 6) is -2.05. The highest BCUT2D eigenvalue weighted by atomic mass is 16.5. The number of aliphatic hydroxyl groups is 2. The highest BCUT2D eigenvalue weighted by Gasteiger charge is 2.08. The SMILES string of the molecule is Cc1ccccc1OCC(O)CNCc1cccc(CNCC(O)COc2ccccc2C)c1.O=C(O)C(=O)O. The second kappa shape index (κ2) is 17.6. The first-order valence-corrected chi connectivity index (χ1v) is 12.8. The van der Waals surface area contributed by atoms with Gasteiger partial charge in [-0.15, -0.1) is 0 Å². The summed E-state index contributed by atoms with van der Waals surface area (Å²) in [6.45, 7) is 6.67. The molecule has 2 atom stereocenters. The first kappa shape index (κ1) is 32.3. The number of aliphatic carboxylic acids is 2. The van der Waals surface area contributed by atoms with Crippen molar-refractivity contribution in [1.29, 1.82) is 0 Å². The van der Waals surface area contributed by atoms with Gasteiger partial charge in [0.05, 0.1) is 0 Å². The first-order chi connectivity index (χ1) is 19.2. The van der Waals surface area contributed by atoms with E-state index in [2.05, 4.69) is 28.8 Å². The molecule has 0 bridgehead atoms. The van der Waals surface area contributed by atoms with Crippen LogP contribution in [0.15, 0.2) is 72.8 Å². The largest absolute Gasteiger partial charge is 0.491 e. The minimum Gasteiger partial charge on any atom is -0.491 e. The number of carboxylic acid groups (broad SMARTS) is 2. The van der Waals surface area contributed by atoms with Crippen LogP contribution < -0.4 is 20.1 Å². The molecule has 0 amide bonds. The molecule has 3 aromatic carbocycles. The Kier molecular flexibility index (Phi) is 14.2. The van der Waals surface area contributed by atoms with Crippen molar-refractivity contribution in [3.63, 3.8) is 0 Å². The molecular formula is C30H38N2O8. The average molecular weight is 555 g/mol. The third-order valence-electron chi connectivity index (χ3n) is 5.64. The highest BCUT2D eigenvalue weighted by molar-refractivity contribution is 6.27. The van der Waals surface area contributed by atoms with Crippen LogP contribution in [0.4, 0.5) is 0 Å². The zero-order valence-corrected chi connectivity index (χ0v) is 22.7. The van der Waals surface area contributed by atoms with E-state index < -0.39 is 24.1 Å². The van der Waals surface area contributed by atoms with Gasteiger partial charge >= 0.3 is 11.9 Å². The molecular weight excluding hydrogens is 516 g/mol. The number of benzene rings is 3. The minimum absolute atomic E-state index is 0.248. The van der Waals surface area contributed by atoms with E-state index >= 15 is 0 Å². The van der Waals surface area contributed by atoms with E-state index in [9.17, 15) is 10.2 Å². The molecule has 40 heavy (non-hydrogen) atoms. The van der Waals surface area contributed by atoms with Gasteiger partial charge in [-0.2, -0.15) is 0 Å². The summed E-state index contributed by atoms with van der Waals surface area (Å²) in [7, 11) is 0. The fourth-order valence-electron chi connectivity index (χ4n) is 3.54. The van der Waals surface area contributed by atoms with E-state index in [1.54, 1.807) is 0 Å². The summed E-state index contributed by atoms with van der Waals surface area (Å²) in [6, 6.07) is 23.8. The lowest BCUT2D eigenvalue weighted by Crippen LogP contribution is -2.31. The lowest BCUT2D eigenvalue weighted by molar-refractivity contribution is -0.159. The molecule has 0 fully saturated rings. The van der Waals surface area contributed by atoms with Gasteiger partial charge in [0.1, 0.15) is 36.9 Å². The molecule has 216 valence electrons. The molecule has 0 aromatic heterocycles. The maximum absolute atomic E-state index is 10.2. The van der Waals surface area contributed by atoms with E-state index in [-0.39, 0.29) is 13.2 Å². The lowest BCUT2D eigenvalue weighted by Gasteiger charge is -2.15. The van der Waals surface area contributed by atoms with Crippen molar-refractivity contribution in [2.75, 3.05) is 26.3 Å². The number of aryl methyl sites for hydroxylation is 2. The van der Waals surface area contributed by atoms with Gasteiger partial charge in [-0.3, -0.25) is 0 Å². The molecule has 0 aliphatic rings. The molecule has 0 spiro atoms. The number of carboxylic acids is 2. The molecule has 0 saturated heterocycles. The fraction of sp³-hybridized carbons (Fsp3) is 0.333. The minimum atomic E-state index is -1.82. The Morgan fingerprint density at radius 3 is 1.45 bits per heavy atom. The lowest BCUT2D eigenvalue weighted by atomic mass is 10.1. The van der Waals surface area contributed by atoms with Crippen molar-refractivity contribution < 1.29 is 39.5 Å². The van der Waals surface area contributed by atoms with Crippen LogP contribution >= 0.6 is 0 Å². The van der Waals surface area contributed by atoms with Crippen LogP contribution in [0.1, 0.15) is 22.3 Å². The molecule has 3 aromatic rings. The summed E-state index contributed by atoms with van der Waals surface area (Å²) in [6.07, 6.45) is -1.18. The Bertz CT molecular complexity index is 1110. The quantitative estimate of drug-likeness (QED) is 0.164. The summed E-state index contributed by atoms with van der Waals surface area (Å²) in [4.78, 5) is 18.2. The summed E-state index contributed by atoms with van der Waals surface area (Å²) >= 11 is 0. The Balaban J connectivity index is 0.000000840. The second-order valence-electron chi connectivity index (χ2n) is 9.15. The molecule has 0 heterocycles. The monoisotopic (exact) mass is 554 g/mol. The van der Waals surface area contributed by atoms with E-state index in [4.69, 9.17) is 29.3 Å². The van der Waals surface area contributed by atoms with Gasteiger partial charge in [-0.25, -0.2) is 9.59 Å². The summed E-state index contributed by atoms with van der Waals surface area (Å²) in [5, 5.41) is 41.8. The van der Waals surface area contributed by atoms with Crippen LogP contribution in [0.2, 0.25) is 0 Å². The van der Waals surface area contributed by atoms with E-state index in [1.165, 1.54) is 0 Å². The third kappa shape index (κ3) is 12.7. The van der Waals surface area contributed by atoms with Crippen molar-refractivity contribution in [2.45, 2.75) is 39.1 Å². The molecule has 10 nitrogen and oxygen atoms in total. The zero-order valence-electron chi connectivity index (χ0n) is 22.7. The number of ether oxygens (including phenoxy) is 2. The standard InChI is InChI=1S/C28H36N2O4.C2H2O4/c1-21-8-3-5-12-27(21)33-19-25(31)17-29-15-23-10-7-11-24(14-23)16-30-18-26(32)20-34-28-13-6-4-9-22(28)2;3-1(4)2(5)6/h3-14,25-26,29-32H,15-20H2,1-2H3;(H,3,4)(H,5,6). The van der Waals surface area contributed by atoms with Gasteiger partial charge in [-0.05, 0) is 48.2 Å². The smallest absolute Gasteiger partial charge is 0.414 e. The number of hydrogen-bond acceptors (Lipinski definition) is 8.